The maximum absolute atomic E-state index is 14.6. The van der Waals surface area contributed by atoms with Gasteiger partial charge in [0.15, 0.2) is 11.6 Å². The van der Waals surface area contributed by atoms with Crippen molar-refractivity contribution in [2.75, 3.05) is 0 Å². The molecule has 0 radical (unpaired) electrons. The Morgan fingerprint density at radius 3 is 2.41 bits per heavy atom. The monoisotopic (exact) mass is 556 g/mol. The molecule has 7 nitrogen and oxygen atoms in total. The first-order valence-electron chi connectivity index (χ1n) is 15.3. The van der Waals surface area contributed by atoms with E-state index in [1.165, 1.54) is 4.68 Å². The highest BCUT2D eigenvalue weighted by atomic mass is 16.2. The van der Waals surface area contributed by atoms with Crippen molar-refractivity contribution in [1.29, 1.82) is 0 Å². The van der Waals surface area contributed by atoms with Crippen LogP contribution in [-0.2, 0) is 9.59 Å². The van der Waals surface area contributed by atoms with Crippen LogP contribution in [-0.4, -0.2) is 32.9 Å². The Labute approximate surface area is 244 Å². The number of ketones is 2. The van der Waals surface area contributed by atoms with Crippen molar-refractivity contribution in [1.82, 2.24) is 15.1 Å². The number of fused-ring (bicyclic) bond motifs is 7. The Hall–Kier alpha value is -3.01. The van der Waals surface area contributed by atoms with Gasteiger partial charge in [0.05, 0.1) is 6.57 Å². The molecule has 0 unspecified atom stereocenters. The molecule has 1 amide bonds. The lowest BCUT2D eigenvalue weighted by molar-refractivity contribution is -0.160. The summed E-state index contributed by atoms with van der Waals surface area (Å²) in [6.45, 7) is 23.2. The molecular weight excluding hydrogens is 512 g/mol. The maximum Gasteiger partial charge on any atom is 0.342 e. The van der Waals surface area contributed by atoms with Crippen LogP contribution < -0.4 is 5.32 Å². The van der Waals surface area contributed by atoms with E-state index in [1.807, 2.05) is 26.0 Å². The number of Topliss-reactive ketones (excluding diaryl/α,β-unsaturated/α-hetero) is 1. The minimum atomic E-state index is -0.668. The minimum absolute atomic E-state index is 0.0101. The first-order valence-corrected chi connectivity index (χ1v) is 15.3. The number of nitrogens with one attached hydrogen (secondary N) is 1. The van der Waals surface area contributed by atoms with Crippen molar-refractivity contribution < 1.29 is 14.4 Å². The van der Waals surface area contributed by atoms with Crippen molar-refractivity contribution in [3.8, 4) is 0 Å². The Bertz CT molecular complexity index is 1440. The van der Waals surface area contributed by atoms with Gasteiger partial charge in [-0.2, -0.15) is 9.78 Å². The highest BCUT2D eigenvalue weighted by Crippen LogP contribution is 2.73. The normalized spacial score (nSPS) is 42.3. The van der Waals surface area contributed by atoms with Crippen molar-refractivity contribution >= 4 is 17.6 Å². The highest BCUT2D eigenvalue weighted by molar-refractivity contribution is 6.03. The van der Waals surface area contributed by atoms with Crippen LogP contribution in [0.5, 0.6) is 0 Å². The topological polar surface area (TPSA) is 85.4 Å². The number of carbonyl (C=O) groups is 3. The standard InChI is InChI=1S/C34H44N4O3/c1-29(2)12-14-34(37-28(41)38-17-9-16-36-38)15-13-33(7)26(21(34)19-29)23(39)18-25-31(5)20-22(35-8)27(40)30(3,4)24(31)10-11-32(25,33)6/h9,16-18,20-21,24,26H,10-15,19H2,1-7H3,(H,37,41)/t21-,24-,26-,31-,32+,33+,34-/m0/s1. The quantitative estimate of drug-likeness (QED) is 0.387. The number of carbonyl (C=O) groups excluding carboxylic acids is 3. The second kappa shape index (κ2) is 8.52. The lowest BCUT2D eigenvalue weighted by Crippen LogP contribution is -2.70. The summed E-state index contributed by atoms with van der Waals surface area (Å²) in [7, 11) is 0. The lowest BCUT2D eigenvalue weighted by Gasteiger charge is -2.69. The van der Waals surface area contributed by atoms with Gasteiger partial charge in [0.2, 0.25) is 5.70 Å². The van der Waals surface area contributed by atoms with E-state index in [0.29, 0.717) is 0 Å². The third-order valence-electron chi connectivity index (χ3n) is 12.9. The maximum atomic E-state index is 14.6. The largest absolute Gasteiger partial charge is 0.342 e. The number of nitrogens with zero attached hydrogens (tertiary/aromatic N) is 3. The number of hydrogen-bond acceptors (Lipinski definition) is 4. The molecule has 7 heteroatoms. The van der Waals surface area contributed by atoms with E-state index in [-0.39, 0.29) is 57.3 Å². The van der Waals surface area contributed by atoms with Gasteiger partial charge in [-0.1, -0.05) is 60.1 Å². The van der Waals surface area contributed by atoms with Crippen LogP contribution in [0.4, 0.5) is 4.79 Å². The summed E-state index contributed by atoms with van der Waals surface area (Å²) in [5.41, 5.74) is -0.863. The molecular formula is C34H44N4O3. The number of rotatable bonds is 1. The summed E-state index contributed by atoms with van der Waals surface area (Å²) in [5, 5.41) is 7.59. The second-order valence-electron chi connectivity index (χ2n) is 15.8. The molecule has 218 valence electrons. The van der Waals surface area contributed by atoms with Gasteiger partial charge in [-0.05, 0) is 85.2 Å². The van der Waals surface area contributed by atoms with Crippen LogP contribution in [0, 0.1) is 51.4 Å². The zero-order valence-corrected chi connectivity index (χ0v) is 25.6. The van der Waals surface area contributed by atoms with Gasteiger partial charge in [0.25, 0.3) is 0 Å². The van der Waals surface area contributed by atoms with Crippen LogP contribution in [0.1, 0.15) is 93.4 Å². The van der Waals surface area contributed by atoms with Gasteiger partial charge in [-0.3, -0.25) is 4.79 Å². The average molecular weight is 557 g/mol. The summed E-state index contributed by atoms with van der Waals surface area (Å²) in [6, 6.07) is 1.52. The van der Waals surface area contributed by atoms with E-state index >= 15 is 0 Å². The van der Waals surface area contributed by atoms with Gasteiger partial charge in [-0.25, -0.2) is 9.64 Å². The fourth-order valence-electron chi connectivity index (χ4n) is 10.5. The van der Waals surface area contributed by atoms with E-state index in [2.05, 4.69) is 49.9 Å². The van der Waals surface area contributed by atoms with Gasteiger partial charge in [-0.15, -0.1) is 0 Å². The summed E-state index contributed by atoms with van der Waals surface area (Å²) in [6.07, 6.45) is 13.2. The summed E-state index contributed by atoms with van der Waals surface area (Å²) in [4.78, 5) is 44.9. The molecule has 1 N–H and O–H groups in total. The molecule has 0 bridgehead atoms. The minimum Gasteiger partial charge on any atom is -0.330 e. The molecule has 1 heterocycles. The lowest BCUT2D eigenvalue weighted by atomic mass is 9.35. The summed E-state index contributed by atoms with van der Waals surface area (Å²) < 4.78 is 1.36. The predicted octanol–water partition coefficient (Wildman–Crippen LogP) is 6.77. The number of amides is 1. The molecule has 0 aromatic carbocycles. The Kier molecular flexibility index (Phi) is 5.84. The molecule has 0 saturated heterocycles. The van der Waals surface area contributed by atoms with Gasteiger partial charge >= 0.3 is 6.03 Å². The summed E-state index contributed by atoms with van der Waals surface area (Å²) in [5.74, 6) is -0.106. The zero-order chi connectivity index (χ0) is 29.8. The SMILES string of the molecule is [C-]#[N+]C1=C[C@]2(C)C3=CC(=O)[C@@H]4[C@@H]5CC(C)(C)CC[C@]5(NC(=O)n5cccn5)CC[C@@]4(C)[C@]3(C)CC[C@H]2C(C)(C)C1=O. The van der Waals surface area contributed by atoms with Crippen LogP contribution in [0.25, 0.3) is 4.85 Å². The molecule has 3 saturated carbocycles. The van der Waals surface area contributed by atoms with Gasteiger partial charge in [0.1, 0.15) is 0 Å². The van der Waals surface area contributed by atoms with E-state index in [9.17, 15) is 14.4 Å². The molecule has 41 heavy (non-hydrogen) atoms. The molecule has 3 fully saturated rings. The molecule has 1 aromatic heterocycles. The molecule has 0 spiro atoms. The second-order valence-corrected chi connectivity index (χ2v) is 15.8. The van der Waals surface area contributed by atoms with Crippen LogP contribution in [0.3, 0.4) is 0 Å². The fraction of sp³-hybridized carbons (Fsp3) is 0.676. The predicted molar refractivity (Wildman–Crippen MR) is 156 cm³/mol. The van der Waals surface area contributed by atoms with E-state index in [1.54, 1.807) is 18.5 Å². The van der Waals surface area contributed by atoms with Gasteiger partial charge in [0, 0.05) is 34.7 Å². The fourth-order valence-corrected chi connectivity index (χ4v) is 10.5. The number of allylic oxidation sites excluding steroid dienone is 4. The van der Waals surface area contributed by atoms with Crippen molar-refractivity contribution in [3.05, 3.63) is 53.3 Å². The zero-order valence-electron chi connectivity index (χ0n) is 25.6. The number of hydrogen-bond donors (Lipinski definition) is 1. The molecule has 0 aliphatic heterocycles. The van der Waals surface area contributed by atoms with Crippen LogP contribution in [0.2, 0.25) is 0 Å². The van der Waals surface area contributed by atoms with Crippen molar-refractivity contribution in [2.24, 2.45) is 44.8 Å². The Balaban J connectivity index is 1.48. The third kappa shape index (κ3) is 3.61. The molecule has 5 aliphatic rings. The number of aromatic nitrogens is 2. The van der Waals surface area contributed by atoms with E-state index in [4.69, 9.17) is 6.57 Å². The Morgan fingerprint density at radius 1 is 1.05 bits per heavy atom. The van der Waals surface area contributed by atoms with Gasteiger partial charge < -0.3 is 10.1 Å². The van der Waals surface area contributed by atoms with Crippen molar-refractivity contribution in [2.45, 2.75) is 99.0 Å². The third-order valence-corrected chi connectivity index (χ3v) is 12.9. The first kappa shape index (κ1) is 28.1. The summed E-state index contributed by atoms with van der Waals surface area (Å²) >= 11 is 0. The van der Waals surface area contributed by atoms with Crippen LogP contribution in [0.15, 0.2) is 41.9 Å². The Morgan fingerprint density at radius 2 is 1.76 bits per heavy atom. The average Bonchev–Trinajstić information content (AvgIpc) is 3.44. The van der Waals surface area contributed by atoms with Crippen molar-refractivity contribution in [3.63, 3.8) is 0 Å². The van der Waals surface area contributed by atoms with E-state index < -0.39 is 16.4 Å². The highest BCUT2D eigenvalue weighted by Gasteiger charge is 2.70. The molecule has 1 aromatic rings. The van der Waals surface area contributed by atoms with Crippen LogP contribution >= 0.6 is 0 Å². The first-order chi connectivity index (χ1) is 19.0. The molecule has 5 aliphatic carbocycles. The molecule has 7 atom stereocenters. The smallest absolute Gasteiger partial charge is 0.330 e. The molecule has 6 rings (SSSR count). The van der Waals surface area contributed by atoms with E-state index in [0.717, 1.165) is 50.5 Å².